The van der Waals surface area contributed by atoms with Gasteiger partial charge in [0.25, 0.3) is 0 Å². The zero-order valence-electron chi connectivity index (χ0n) is 10.9. The van der Waals surface area contributed by atoms with Crippen LogP contribution < -0.4 is 10.6 Å². The van der Waals surface area contributed by atoms with Crippen LogP contribution in [-0.4, -0.2) is 12.0 Å². The lowest BCUT2D eigenvalue weighted by molar-refractivity contribution is 0.603. The van der Waals surface area contributed by atoms with Gasteiger partial charge in [-0.15, -0.1) is 0 Å². The summed E-state index contributed by atoms with van der Waals surface area (Å²) >= 11 is 0. The standard InChI is InChI=1S/C15H15N3O/c1-10-5-3-6-11(9-10)18(2)15-17-14-12(16)7-4-8-13(14)19-15/h3-9H,16H2,1-2H3. The van der Waals surface area contributed by atoms with Crippen molar-refractivity contribution in [3.8, 4) is 0 Å². The Morgan fingerprint density at radius 3 is 2.68 bits per heavy atom. The number of benzene rings is 2. The summed E-state index contributed by atoms with van der Waals surface area (Å²) in [5.74, 6) is 0. The zero-order valence-corrected chi connectivity index (χ0v) is 10.9. The van der Waals surface area contributed by atoms with E-state index in [4.69, 9.17) is 10.2 Å². The first-order valence-corrected chi connectivity index (χ1v) is 6.10. The molecule has 1 aromatic heterocycles. The highest BCUT2D eigenvalue weighted by Crippen LogP contribution is 2.29. The molecule has 4 nitrogen and oxygen atoms in total. The van der Waals surface area contributed by atoms with Crippen molar-refractivity contribution >= 4 is 28.5 Å². The molecule has 4 heteroatoms. The summed E-state index contributed by atoms with van der Waals surface area (Å²) in [6, 6.07) is 14.3. The predicted molar refractivity (Wildman–Crippen MR) is 77.7 cm³/mol. The van der Waals surface area contributed by atoms with Crippen molar-refractivity contribution in [2.45, 2.75) is 6.92 Å². The van der Waals surface area contributed by atoms with E-state index in [0.717, 1.165) is 5.69 Å². The summed E-state index contributed by atoms with van der Waals surface area (Å²) in [6.45, 7) is 2.06. The van der Waals surface area contributed by atoms with Crippen LogP contribution in [0.15, 0.2) is 46.9 Å². The van der Waals surface area contributed by atoms with Gasteiger partial charge in [0.15, 0.2) is 5.58 Å². The van der Waals surface area contributed by atoms with Crippen molar-refractivity contribution in [1.82, 2.24) is 4.98 Å². The minimum absolute atomic E-state index is 0.540. The molecule has 0 bridgehead atoms. The topological polar surface area (TPSA) is 55.3 Å². The van der Waals surface area contributed by atoms with Crippen molar-refractivity contribution in [2.24, 2.45) is 0 Å². The number of oxazole rings is 1. The average molecular weight is 253 g/mol. The Kier molecular flexibility index (Phi) is 2.63. The monoisotopic (exact) mass is 253 g/mol. The van der Waals surface area contributed by atoms with Gasteiger partial charge >= 0.3 is 6.01 Å². The number of anilines is 3. The first kappa shape index (κ1) is 11.6. The van der Waals surface area contributed by atoms with E-state index >= 15 is 0 Å². The minimum atomic E-state index is 0.540. The molecule has 3 rings (SSSR count). The summed E-state index contributed by atoms with van der Waals surface area (Å²) in [5, 5.41) is 0. The number of aromatic nitrogens is 1. The molecule has 0 aliphatic carbocycles. The van der Waals surface area contributed by atoms with Gasteiger partial charge in [-0.1, -0.05) is 18.2 Å². The smallest absolute Gasteiger partial charge is 0.302 e. The number of para-hydroxylation sites is 1. The number of hydrogen-bond acceptors (Lipinski definition) is 4. The molecule has 0 fully saturated rings. The molecule has 0 amide bonds. The molecule has 19 heavy (non-hydrogen) atoms. The lowest BCUT2D eigenvalue weighted by Crippen LogP contribution is -2.09. The molecule has 0 atom stereocenters. The van der Waals surface area contributed by atoms with Gasteiger partial charge in [-0.25, -0.2) is 0 Å². The van der Waals surface area contributed by atoms with Crippen LogP contribution in [0.2, 0.25) is 0 Å². The fourth-order valence-corrected chi connectivity index (χ4v) is 2.05. The third-order valence-corrected chi connectivity index (χ3v) is 3.11. The highest BCUT2D eigenvalue weighted by molar-refractivity contribution is 5.86. The van der Waals surface area contributed by atoms with E-state index in [-0.39, 0.29) is 0 Å². The minimum Gasteiger partial charge on any atom is -0.423 e. The van der Waals surface area contributed by atoms with Crippen LogP contribution in [0.1, 0.15) is 5.56 Å². The van der Waals surface area contributed by atoms with Gasteiger partial charge in [0.1, 0.15) is 5.52 Å². The fraction of sp³-hybridized carbons (Fsp3) is 0.133. The Morgan fingerprint density at radius 2 is 1.95 bits per heavy atom. The molecule has 2 N–H and O–H groups in total. The maximum atomic E-state index is 5.89. The largest absolute Gasteiger partial charge is 0.423 e. The first-order valence-electron chi connectivity index (χ1n) is 6.10. The molecule has 3 aromatic rings. The maximum Gasteiger partial charge on any atom is 0.302 e. The Bertz CT molecular complexity index is 733. The van der Waals surface area contributed by atoms with Crippen molar-refractivity contribution in [3.63, 3.8) is 0 Å². The summed E-state index contributed by atoms with van der Waals surface area (Å²) in [6.07, 6.45) is 0. The third kappa shape index (κ3) is 2.01. The average Bonchev–Trinajstić information content (AvgIpc) is 2.83. The molecule has 0 aliphatic rings. The quantitative estimate of drug-likeness (QED) is 0.710. The van der Waals surface area contributed by atoms with Crippen molar-refractivity contribution in [2.75, 3.05) is 17.7 Å². The number of aryl methyl sites for hydroxylation is 1. The van der Waals surface area contributed by atoms with Crippen LogP contribution in [-0.2, 0) is 0 Å². The molecule has 0 unspecified atom stereocenters. The van der Waals surface area contributed by atoms with Gasteiger partial charge in [-0.05, 0) is 36.8 Å². The van der Waals surface area contributed by atoms with E-state index in [2.05, 4.69) is 24.0 Å². The second-order valence-electron chi connectivity index (χ2n) is 4.59. The summed E-state index contributed by atoms with van der Waals surface area (Å²) in [5.41, 5.74) is 10.2. The van der Waals surface area contributed by atoms with E-state index in [1.807, 2.05) is 42.3 Å². The second-order valence-corrected chi connectivity index (χ2v) is 4.59. The number of fused-ring (bicyclic) bond motifs is 1. The maximum absolute atomic E-state index is 5.89. The van der Waals surface area contributed by atoms with Crippen molar-refractivity contribution in [1.29, 1.82) is 0 Å². The Morgan fingerprint density at radius 1 is 1.16 bits per heavy atom. The van der Waals surface area contributed by atoms with Gasteiger partial charge in [-0.3, -0.25) is 4.90 Å². The van der Waals surface area contributed by atoms with Gasteiger partial charge in [-0.2, -0.15) is 4.98 Å². The molecule has 96 valence electrons. The number of hydrogen-bond donors (Lipinski definition) is 1. The molecule has 0 radical (unpaired) electrons. The number of rotatable bonds is 2. The Balaban J connectivity index is 2.06. The fourth-order valence-electron chi connectivity index (χ4n) is 2.05. The molecular formula is C15H15N3O. The predicted octanol–water partition coefficient (Wildman–Crippen LogP) is 3.49. The van der Waals surface area contributed by atoms with E-state index in [1.54, 1.807) is 0 Å². The lowest BCUT2D eigenvalue weighted by atomic mass is 10.2. The summed E-state index contributed by atoms with van der Waals surface area (Å²) in [4.78, 5) is 6.36. The molecule has 0 aliphatic heterocycles. The van der Waals surface area contributed by atoms with Crippen LogP contribution in [0.25, 0.3) is 11.1 Å². The van der Waals surface area contributed by atoms with Crippen molar-refractivity contribution in [3.05, 3.63) is 48.0 Å². The first-order chi connectivity index (χ1) is 9.15. The van der Waals surface area contributed by atoms with Gasteiger partial charge in [0.05, 0.1) is 5.69 Å². The van der Waals surface area contributed by atoms with E-state index in [9.17, 15) is 0 Å². The highest BCUT2D eigenvalue weighted by Gasteiger charge is 2.13. The lowest BCUT2D eigenvalue weighted by Gasteiger charge is -2.14. The van der Waals surface area contributed by atoms with Crippen LogP contribution in [0.5, 0.6) is 0 Å². The zero-order chi connectivity index (χ0) is 13.4. The number of nitrogen functional groups attached to an aromatic ring is 1. The molecule has 2 aromatic carbocycles. The van der Waals surface area contributed by atoms with Crippen LogP contribution >= 0.6 is 0 Å². The molecule has 0 saturated heterocycles. The van der Waals surface area contributed by atoms with E-state index in [0.29, 0.717) is 22.8 Å². The SMILES string of the molecule is Cc1cccc(N(C)c2nc3c(N)cccc3o2)c1. The summed E-state index contributed by atoms with van der Waals surface area (Å²) in [7, 11) is 1.93. The van der Waals surface area contributed by atoms with Crippen LogP contribution in [0.3, 0.4) is 0 Å². The van der Waals surface area contributed by atoms with Crippen LogP contribution in [0.4, 0.5) is 17.4 Å². The van der Waals surface area contributed by atoms with E-state index < -0.39 is 0 Å². The van der Waals surface area contributed by atoms with E-state index in [1.165, 1.54) is 5.56 Å². The molecular weight excluding hydrogens is 238 g/mol. The van der Waals surface area contributed by atoms with Gasteiger partial charge < -0.3 is 10.2 Å². The number of nitrogens with two attached hydrogens (primary N) is 1. The van der Waals surface area contributed by atoms with Crippen molar-refractivity contribution < 1.29 is 4.42 Å². The Hall–Kier alpha value is -2.49. The van der Waals surface area contributed by atoms with Gasteiger partial charge in [0, 0.05) is 12.7 Å². The third-order valence-electron chi connectivity index (χ3n) is 3.11. The second kappa shape index (κ2) is 4.31. The number of nitrogens with zero attached hydrogens (tertiary/aromatic N) is 2. The van der Waals surface area contributed by atoms with Crippen LogP contribution in [0, 0.1) is 6.92 Å². The van der Waals surface area contributed by atoms with Gasteiger partial charge in [0.2, 0.25) is 0 Å². The normalized spacial score (nSPS) is 10.8. The molecule has 1 heterocycles. The molecule has 0 saturated carbocycles. The summed E-state index contributed by atoms with van der Waals surface area (Å²) < 4.78 is 5.74. The highest BCUT2D eigenvalue weighted by atomic mass is 16.4. The Labute approximate surface area is 111 Å². The molecule has 0 spiro atoms.